The number of carbonyl (C=O) groups excluding carboxylic acids is 1. The quantitative estimate of drug-likeness (QED) is 0.664. The molecule has 0 aliphatic carbocycles. The third kappa shape index (κ3) is 3.85. The Kier molecular flexibility index (Phi) is 5.83. The molecule has 2 heterocycles. The number of nitrogens with zero attached hydrogens (tertiary/aromatic N) is 1. The summed E-state index contributed by atoms with van der Waals surface area (Å²) in [6.07, 6.45) is -1.19. The van der Waals surface area contributed by atoms with Crippen molar-refractivity contribution in [2.75, 3.05) is 13.7 Å². The second-order valence-corrected chi connectivity index (χ2v) is 9.00. The van der Waals surface area contributed by atoms with Crippen LogP contribution in [0.1, 0.15) is 31.9 Å². The minimum atomic E-state index is -2.04. The van der Waals surface area contributed by atoms with Gasteiger partial charge >= 0.3 is 5.97 Å². The predicted octanol–water partition coefficient (Wildman–Crippen LogP) is 3.73. The summed E-state index contributed by atoms with van der Waals surface area (Å²) in [7, 11) is 1.59. The van der Waals surface area contributed by atoms with E-state index in [1.165, 1.54) is 5.01 Å². The van der Waals surface area contributed by atoms with Gasteiger partial charge in [-0.2, -0.15) is 0 Å². The average Bonchev–Trinajstić information content (AvgIpc) is 3.01. The molecule has 0 aromatic heterocycles. The fraction of sp³-hybridized carbons (Fsp3) is 0.409. The van der Waals surface area contributed by atoms with Gasteiger partial charge in [0, 0.05) is 13.0 Å². The number of hydrazine groups is 1. The van der Waals surface area contributed by atoms with E-state index in [0.29, 0.717) is 23.7 Å². The van der Waals surface area contributed by atoms with E-state index in [9.17, 15) is 9.90 Å². The van der Waals surface area contributed by atoms with Crippen LogP contribution in [0.25, 0.3) is 0 Å². The number of methoxy groups -OCH3 is 1. The van der Waals surface area contributed by atoms with E-state index in [0.717, 1.165) is 5.56 Å². The van der Waals surface area contributed by atoms with Crippen molar-refractivity contribution in [3.63, 3.8) is 0 Å². The number of fused-ring (bicyclic) bond motifs is 1. The van der Waals surface area contributed by atoms with Gasteiger partial charge in [0.25, 0.3) is 5.72 Å². The van der Waals surface area contributed by atoms with Crippen LogP contribution in [0.2, 0.25) is 10.0 Å². The number of esters is 1. The summed E-state index contributed by atoms with van der Waals surface area (Å²) >= 11 is 12.3. The lowest BCUT2D eigenvalue weighted by Crippen LogP contribution is -2.63. The lowest BCUT2D eigenvalue weighted by Gasteiger charge is -2.36. The highest BCUT2D eigenvalue weighted by Gasteiger charge is 2.61. The predicted molar refractivity (Wildman–Crippen MR) is 116 cm³/mol. The molecule has 31 heavy (non-hydrogen) atoms. The normalized spacial score (nSPS) is 27.9. The number of cyclic esters (lactones) is 1. The second-order valence-electron chi connectivity index (χ2n) is 8.22. The Hall–Kier alpha value is -2.03. The molecule has 0 unspecified atom stereocenters. The summed E-state index contributed by atoms with van der Waals surface area (Å²) in [4.78, 5) is 13.2. The summed E-state index contributed by atoms with van der Waals surface area (Å²) in [6, 6.07) is 12.2. The first-order valence-corrected chi connectivity index (χ1v) is 10.7. The molecule has 2 aliphatic heterocycles. The van der Waals surface area contributed by atoms with Crippen molar-refractivity contribution in [2.24, 2.45) is 0 Å². The van der Waals surface area contributed by atoms with Crippen LogP contribution < -0.4 is 14.9 Å². The Morgan fingerprint density at radius 2 is 1.90 bits per heavy atom. The molecule has 7 nitrogen and oxygen atoms in total. The highest BCUT2D eigenvalue weighted by atomic mass is 35.5. The fourth-order valence-electron chi connectivity index (χ4n) is 4.05. The maximum atomic E-state index is 13.2. The average molecular weight is 467 g/mol. The zero-order chi connectivity index (χ0) is 22.4. The zero-order valence-corrected chi connectivity index (χ0v) is 18.9. The SMILES string of the molecule is COc1ccc([C@H]2OC(=O)[C@]3(O)[C@H](Oc4cccc(Cl)c4Cl)CCN3NC2(C)C)cc1. The smallest absolute Gasteiger partial charge is 0.359 e. The van der Waals surface area contributed by atoms with Gasteiger partial charge in [-0.05, 0) is 43.7 Å². The van der Waals surface area contributed by atoms with E-state index < -0.39 is 29.4 Å². The minimum Gasteiger partial charge on any atom is -0.497 e. The molecule has 3 atom stereocenters. The number of ether oxygens (including phenoxy) is 3. The van der Waals surface area contributed by atoms with Crippen molar-refractivity contribution < 1.29 is 24.1 Å². The monoisotopic (exact) mass is 466 g/mol. The van der Waals surface area contributed by atoms with Gasteiger partial charge < -0.3 is 19.3 Å². The summed E-state index contributed by atoms with van der Waals surface area (Å²) in [5.41, 5.74) is 1.30. The highest BCUT2D eigenvalue weighted by Crippen LogP contribution is 2.42. The van der Waals surface area contributed by atoms with Crippen molar-refractivity contribution in [1.82, 2.24) is 10.4 Å². The summed E-state index contributed by atoms with van der Waals surface area (Å²) in [5, 5.41) is 13.5. The highest BCUT2D eigenvalue weighted by molar-refractivity contribution is 6.42. The van der Waals surface area contributed by atoms with E-state index in [-0.39, 0.29) is 10.8 Å². The van der Waals surface area contributed by atoms with E-state index in [2.05, 4.69) is 5.43 Å². The number of nitrogens with one attached hydrogen (secondary N) is 1. The Labute approximate surface area is 190 Å². The van der Waals surface area contributed by atoms with Crippen LogP contribution >= 0.6 is 23.2 Å². The molecule has 2 fully saturated rings. The lowest BCUT2D eigenvalue weighted by molar-refractivity contribution is -0.198. The van der Waals surface area contributed by atoms with Gasteiger partial charge in [-0.15, -0.1) is 0 Å². The van der Waals surface area contributed by atoms with Crippen molar-refractivity contribution in [3.8, 4) is 11.5 Å². The van der Waals surface area contributed by atoms with E-state index >= 15 is 0 Å². The molecule has 2 aromatic rings. The van der Waals surface area contributed by atoms with Gasteiger partial charge in [-0.1, -0.05) is 41.4 Å². The standard InChI is InChI=1S/C22H24Cl2N2O5/c1-21(2)19(13-7-9-14(29-3)10-8-13)31-20(27)22(28)17(11-12-26(22)25-21)30-16-6-4-5-15(23)18(16)24/h4-10,17,19,25,28H,11-12H2,1-3H3/t17-,19-,22-/m1/s1. The van der Waals surface area contributed by atoms with E-state index in [4.69, 9.17) is 37.4 Å². The molecular formula is C22H24Cl2N2O5. The van der Waals surface area contributed by atoms with Gasteiger partial charge in [0.15, 0.2) is 6.10 Å². The molecule has 2 N–H and O–H groups in total. The molecule has 0 radical (unpaired) electrons. The molecule has 4 rings (SSSR count). The van der Waals surface area contributed by atoms with Gasteiger partial charge in [-0.25, -0.2) is 15.2 Å². The van der Waals surface area contributed by atoms with Gasteiger partial charge in [0.05, 0.1) is 17.7 Å². The molecule has 2 saturated heterocycles. The Morgan fingerprint density at radius 3 is 2.58 bits per heavy atom. The number of hydrogen-bond donors (Lipinski definition) is 2. The van der Waals surface area contributed by atoms with Crippen LogP contribution in [0.5, 0.6) is 11.5 Å². The summed E-state index contributed by atoms with van der Waals surface area (Å²) in [5.74, 6) is 0.185. The van der Waals surface area contributed by atoms with Crippen molar-refractivity contribution >= 4 is 29.2 Å². The largest absolute Gasteiger partial charge is 0.497 e. The zero-order valence-electron chi connectivity index (χ0n) is 17.4. The van der Waals surface area contributed by atoms with Crippen LogP contribution in [-0.4, -0.2) is 47.1 Å². The molecule has 2 aliphatic rings. The number of carbonyl (C=O) groups is 1. The molecule has 0 bridgehead atoms. The van der Waals surface area contributed by atoms with Crippen molar-refractivity contribution in [1.29, 1.82) is 0 Å². The topological polar surface area (TPSA) is 80.3 Å². The molecule has 0 spiro atoms. The fourth-order valence-corrected chi connectivity index (χ4v) is 4.39. The Morgan fingerprint density at radius 1 is 1.19 bits per heavy atom. The molecule has 0 saturated carbocycles. The van der Waals surface area contributed by atoms with Crippen LogP contribution in [0.4, 0.5) is 0 Å². The first-order chi connectivity index (χ1) is 14.7. The number of aliphatic hydroxyl groups is 1. The van der Waals surface area contributed by atoms with Crippen LogP contribution in [0.3, 0.4) is 0 Å². The van der Waals surface area contributed by atoms with Crippen LogP contribution in [-0.2, 0) is 9.53 Å². The van der Waals surface area contributed by atoms with Gasteiger partial charge in [-0.3, -0.25) is 0 Å². The molecule has 2 aromatic carbocycles. The Balaban J connectivity index is 1.65. The van der Waals surface area contributed by atoms with Crippen LogP contribution in [0, 0.1) is 0 Å². The summed E-state index contributed by atoms with van der Waals surface area (Å²) < 4.78 is 17.0. The number of rotatable bonds is 4. The Bertz CT molecular complexity index is 984. The summed E-state index contributed by atoms with van der Waals surface area (Å²) in [6.45, 7) is 4.18. The number of halogens is 2. The molecule has 9 heteroatoms. The second kappa shape index (κ2) is 8.15. The lowest BCUT2D eigenvalue weighted by atomic mass is 9.91. The first kappa shape index (κ1) is 22.2. The molecule has 0 amide bonds. The number of hydrogen-bond acceptors (Lipinski definition) is 7. The van der Waals surface area contributed by atoms with E-state index in [1.54, 1.807) is 37.4 Å². The van der Waals surface area contributed by atoms with Gasteiger partial charge in [0.1, 0.15) is 22.6 Å². The first-order valence-electron chi connectivity index (χ1n) is 9.90. The third-order valence-corrected chi connectivity index (χ3v) is 6.48. The maximum absolute atomic E-state index is 13.2. The van der Waals surface area contributed by atoms with Crippen molar-refractivity contribution in [2.45, 2.75) is 43.7 Å². The maximum Gasteiger partial charge on any atom is 0.359 e. The third-order valence-electron chi connectivity index (χ3n) is 5.68. The van der Waals surface area contributed by atoms with Crippen LogP contribution in [0.15, 0.2) is 42.5 Å². The van der Waals surface area contributed by atoms with Crippen molar-refractivity contribution in [3.05, 3.63) is 58.1 Å². The van der Waals surface area contributed by atoms with Gasteiger partial charge in [0.2, 0.25) is 0 Å². The van der Waals surface area contributed by atoms with E-state index in [1.807, 2.05) is 26.0 Å². The minimum absolute atomic E-state index is 0.220. The molecular weight excluding hydrogens is 443 g/mol. The molecule has 166 valence electrons. The number of benzene rings is 2.